The van der Waals surface area contributed by atoms with Gasteiger partial charge in [-0.2, -0.15) is 0 Å². The van der Waals surface area contributed by atoms with Crippen molar-refractivity contribution in [2.75, 3.05) is 5.32 Å². The summed E-state index contributed by atoms with van der Waals surface area (Å²) in [5.74, 6) is 1.75. The van der Waals surface area contributed by atoms with Crippen molar-refractivity contribution >= 4 is 5.95 Å². The molecular formula is C9H11N3O. The summed E-state index contributed by atoms with van der Waals surface area (Å²) in [6, 6.07) is 3.80. The highest BCUT2D eigenvalue weighted by atomic mass is 16.3. The summed E-state index contributed by atoms with van der Waals surface area (Å²) in [7, 11) is 1.94. The van der Waals surface area contributed by atoms with Crippen LogP contribution in [0.1, 0.15) is 5.76 Å². The van der Waals surface area contributed by atoms with Gasteiger partial charge in [-0.3, -0.25) is 0 Å². The quantitative estimate of drug-likeness (QED) is 0.774. The first kappa shape index (κ1) is 7.91. The van der Waals surface area contributed by atoms with Gasteiger partial charge >= 0.3 is 0 Å². The van der Waals surface area contributed by atoms with Crippen molar-refractivity contribution in [3.63, 3.8) is 0 Å². The SMILES string of the molecule is Cn1ccnc1NCc1ccco1. The topological polar surface area (TPSA) is 43.0 Å². The molecule has 0 spiro atoms. The Hall–Kier alpha value is -1.71. The maximum absolute atomic E-state index is 5.17. The van der Waals surface area contributed by atoms with Gasteiger partial charge in [0, 0.05) is 19.4 Å². The second kappa shape index (κ2) is 3.35. The summed E-state index contributed by atoms with van der Waals surface area (Å²) in [6.45, 7) is 0.665. The molecule has 2 aromatic heterocycles. The van der Waals surface area contributed by atoms with Gasteiger partial charge in [-0.15, -0.1) is 0 Å². The Morgan fingerprint density at radius 2 is 2.54 bits per heavy atom. The van der Waals surface area contributed by atoms with Crippen molar-refractivity contribution in [2.24, 2.45) is 7.05 Å². The molecule has 0 saturated heterocycles. The van der Waals surface area contributed by atoms with E-state index in [1.807, 2.05) is 29.9 Å². The van der Waals surface area contributed by atoms with E-state index in [1.165, 1.54) is 0 Å². The summed E-state index contributed by atoms with van der Waals surface area (Å²) in [6.07, 6.45) is 5.31. The number of nitrogens with zero attached hydrogens (tertiary/aromatic N) is 2. The average Bonchev–Trinajstić information content (AvgIpc) is 2.72. The van der Waals surface area contributed by atoms with Crippen LogP contribution in [-0.2, 0) is 13.6 Å². The normalized spacial score (nSPS) is 10.2. The van der Waals surface area contributed by atoms with E-state index in [0.717, 1.165) is 11.7 Å². The fraction of sp³-hybridized carbons (Fsp3) is 0.222. The van der Waals surface area contributed by atoms with Crippen molar-refractivity contribution in [1.82, 2.24) is 9.55 Å². The molecule has 1 N–H and O–H groups in total. The molecule has 0 aliphatic rings. The van der Waals surface area contributed by atoms with Crippen LogP contribution in [0.3, 0.4) is 0 Å². The molecule has 4 heteroatoms. The fourth-order valence-electron chi connectivity index (χ4n) is 1.12. The highest BCUT2D eigenvalue weighted by molar-refractivity contribution is 5.25. The number of imidazole rings is 1. The number of hydrogen-bond acceptors (Lipinski definition) is 3. The van der Waals surface area contributed by atoms with Gasteiger partial charge in [0.15, 0.2) is 0 Å². The maximum atomic E-state index is 5.17. The second-order valence-corrected chi connectivity index (χ2v) is 2.79. The first-order valence-corrected chi connectivity index (χ1v) is 4.10. The van der Waals surface area contributed by atoms with E-state index < -0.39 is 0 Å². The molecule has 0 atom stereocenters. The van der Waals surface area contributed by atoms with E-state index in [4.69, 9.17) is 4.42 Å². The second-order valence-electron chi connectivity index (χ2n) is 2.79. The molecule has 0 amide bonds. The van der Waals surface area contributed by atoms with Crippen LogP contribution in [0.5, 0.6) is 0 Å². The molecule has 2 heterocycles. The molecule has 2 rings (SSSR count). The van der Waals surface area contributed by atoms with Crippen LogP contribution in [-0.4, -0.2) is 9.55 Å². The van der Waals surface area contributed by atoms with Crippen molar-refractivity contribution in [1.29, 1.82) is 0 Å². The van der Waals surface area contributed by atoms with Crippen LogP contribution in [0.4, 0.5) is 5.95 Å². The molecule has 0 aliphatic heterocycles. The summed E-state index contributed by atoms with van der Waals surface area (Å²) in [5, 5.41) is 3.15. The van der Waals surface area contributed by atoms with Crippen LogP contribution in [0, 0.1) is 0 Å². The minimum atomic E-state index is 0.665. The number of furan rings is 1. The Morgan fingerprint density at radius 3 is 3.15 bits per heavy atom. The number of aromatic nitrogens is 2. The first-order valence-electron chi connectivity index (χ1n) is 4.10. The van der Waals surface area contributed by atoms with E-state index in [-0.39, 0.29) is 0 Å². The monoisotopic (exact) mass is 177 g/mol. The molecular weight excluding hydrogens is 166 g/mol. The molecule has 68 valence electrons. The average molecular weight is 177 g/mol. The van der Waals surface area contributed by atoms with E-state index in [1.54, 1.807) is 12.5 Å². The van der Waals surface area contributed by atoms with Gasteiger partial charge in [0.05, 0.1) is 12.8 Å². The van der Waals surface area contributed by atoms with Crippen LogP contribution in [0.25, 0.3) is 0 Å². The zero-order valence-corrected chi connectivity index (χ0v) is 7.40. The number of anilines is 1. The molecule has 4 nitrogen and oxygen atoms in total. The minimum Gasteiger partial charge on any atom is -0.467 e. The molecule has 0 aromatic carbocycles. The van der Waals surface area contributed by atoms with Crippen molar-refractivity contribution in [2.45, 2.75) is 6.54 Å². The summed E-state index contributed by atoms with van der Waals surface area (Å²) in [4.78, 5) is 4.13. The zero-order valence-electron chi connectivity index (χ0n) is 7.40. The number of nitrogens with one attached hydrogen (secondary N) is 1. The zero-order chi connectivity index (χ0) is 9.10. The van der Waals surface area contributed by atoms with Crippen LogP contribution in [0.15, 0.2) is 35.2 Å². The molecule has 0 radical (unpaired) electrons. The van der Waals surface area contributed by atoms with Crippen LogP contribution >= 0.6 is 0 Å². The maximum Gasteiger partial charge on any atom is 0.202 e. The third kappa shape index (κ3) is 1.72. The predicted octanol–water partition coefficient (Wildman–Crippen LogP) is 1.63. The van der Waals surface area contributed by atoms with E-state index >= 15 is 0 Å². The largest absolute Gasteiger partial charge is 0.467 e. The Bertz CT molecular complexity index is 364. The lowest BCUT2D eigenvalue weighted by Crippen LogP contribution is -2.03. The van der Waals surface area contributed by atoms with E-state index in [0.29, 0.717) is 6.54 Å². The van der Waals surface area contributed by atoms with Gasteiger partial charge in [-0.25, -0.2) is 4.98 Å². The predicted molar refractivity (Wildman–Crippen MR) is 49.2 cm³/mol. The van der Waals surface area contributed by atoms with Crippen molar-refractivity contribution < 1.29 is 4.42 Å². The smallest absolute Gasteiger partial charge is 0.202 e. The lowest BCUT2D eigenvalue weighted by atomic mass is 10.4. The third-order valence-electron chi connectivity index (χ3n) is 1.82. The number of aryl methyl sites for hydroxylation is 1. The lowest BCUT2D eigenvalue weighted by molar-refractivity contribution is 0.517. The molecule has 0 fully saturated rings. The molecule has 0 unspecified atom stereocenters. The number of rotatable bonds is 3. The van der Waals surface area contributed by atoms with Crippen LogP contribution < -0.4 is 5.32 Å². The third-order valence-corrected chi connectivity index (χ3v) is 1.82. The molecule has 0 bridgehead atoms. The van der Waals surface area contributed by atoms with Crippen molar-refractivity contribution in [3.8, 4) is 0 Å². The molecule has 2 aromatic rings. The van der Waals surface area contributed by atoms with Crippen molar-refractivity contribution in [3.05, 3.63) is 36.5 Å². The van der Waals surface area contributed by atoms with Gasteiger partial charge in [0.25, 0.3) is 0 Å². The summed E-state index contributed by atoms with van der Waals surface area (Å²) in [5.41, 5.74) is 0. The van der Waals surface area contributed by atoms with Crippen LogP contribution in [0.2, 0.25) is 0 Å². The first-order chi connectivity index (χ1) is 6.36. The highest BCUT2D eigenvalue weighted by Crippen LogP contribution is 2.05. The van der Waals surface area contributed by atoms with Gasteiger partial charge in [0.1, 0.15) is 5.76 Å². The van der Waals surface area contributed by atoms with Gasteiger partial charge in [-0.05, 0) is 12.1 Å². The Morgan fingerprint density at radius 1 is 1.62 bits per heavy atom. The van der Waals surface area contributed by atoms with Gasteiger partial charge in [-0.1, -0.05) is 0 Å². The molecule has 0 aliphatic carbocycles. The Kier molecular flexibility index (Phi) is 2.04. The van der Waals surface area contributed by atoms with Gasteiger partial charge in [0.2, 0.25) is 5.95 Å². The Labute approximate surface area is 76.2 Å². The highest BCUT2D eigenvalue weighted by Gasteiger charge is 1.98. The minimum absolute atomic E-state index is 0.665. The fourth-order valence-corrected chi connectivity index (χ4v) is 1.12. The number of hydrogen-bond donors (Lipinski definition) is 1. The lowest BCUT2D eigenvalue weighted by Gasteiger charge is -2.02. The summed E-state index contributed by atoms with van der Waals surface area (Å²) >= 11 is 0. The Balaban J connectivity index is 1.97. The van der Waals surface area contributed by atoms with E-state index in [9.17, 15) is 0 Å². The molecule has 13 heavy (non-hydrogen) atoms. The molecule has 0 saturated carbocycles. The van der Waals surface area contributed by atoms with Gasteiger partial charge < -0.3 is 14.3 Å². The standard InChI is InChI=1S/C9H11N3O/c1-12-5-4-10-9(12)11-7-8-3-2-6-13-8/h2-6H,7H2,1H3,(H,10,11). The van der Waals surface area contributed by atoms with E-state index in [2.05, 4.69) is 10.3 Å². The summed E-state index contributed by atoms with van der Waals surface area (Å²) < 4.78 is 7.09.